The summed E-state index contributed by atoms with van der Waals surface area (Å²) in [6, 6.07) is 1.70. The molecular weight excluding hydrogens is 246 g/mol. The predicted octanol–water partition coefficient (Wildman–Crippen LogP) is 0.699. The maximum Gasteiger partial charge on any atom is 0.325 e. The molecule has 1 aliphatic heterocycles. The van der Waals surface area contributed by atoms with Crippen LogP contribution in [0.25, 0.3) is 0 Å². The highest BCUT2D eigenvalue weighted by molar-refractivity contribution is 6.07. The second-order valence-corrected chi connectivity index (χ2v) is 3.69. The van der Waals surface area contributed by atoms with E-state index in [1.165, 1.54) is 0 Å². The van der Waals surface area contributed by atoms with E-state index < -0.39 is 41.5 Å². The molecule has 1 aromatic carbocycles. The van der Waals surface area contributed by atoms with Gasteiger partial charge < -0.3 is 5.32 Å². The second kappa shape index (κ2) is 4.52. The molecule has 0 unspecified atom stereocenters. The standard InChI is InChI=1S/C11H8F2N2O3/c12-6-1-2-8(13)7(3-6)9(16)5-15-10(17)4-14-11(15)18/h1-3H,4-5H2,(H,14,18). The lowest BCUT2D eigenvalue weighted by molar-refractivity contribution is -0.124. The van der Waals surface area contributed by atoms with Crippen LogP contribution in [-0.2, 0) is 4.79 Å². The molecule has 5 nitrogen and oxygen atoms in total. The van der Waals surface area contributed by atoms with Gasteiger partial charge in [0.1, 0.15) is 11.6 Å². The van der Waals surface area contributed by atoms with Crippen molar-refractivity contribution < 1.29 is 23.2 Å². The Labute approximate surface area is 100 Å². The van der Waals surface area contributed by atoms with Gasteiger partial charge in [0.2, 0.25) is 5.91 Å². The van der Waals surface area contributed by atoms with Gasteiger partial charge in [-0.25, -0.2) is 13.6 Å². The first kappa shape index (κ1) is 12.2. The van der Waals surface area contributed by atoms with E-state index in [0.29, 0.717) is 4.90 Å². The highest BCUT2D eigenvalue weighted by Crippen LogP contribution is 2.12. The fourth-order valence-corrected chi connectivity index (χ4v) is 1.56. The van der Waals surface area contributed by atoms with Crippen molar-refractivity contribution in [2.24, 2.45) is 0 Å². The first-order valence-electron chi connectivity index (χ1n) is 5.05. The van der Waals surface area contributed by atoms with Crippen molar-refractivity contribution in [3.63, 3.8) is 0 Å². The molecule has 0 aliphatic carbocycles. The number of nitrogens with one attached hydrogen (secondary N) is 1. The van der Waals surface area contributed by atoms with Crippen molar-refractivity contribution in [3.05, 3.63) is 35.4 Å². The van der Waals surface area contributed by atoms with Gasteiger partial charge in [-0.15, -0.1) is 0 Å². The molecule has 0 radical (unpaired) electrons. The van der Waals surface area contributed by atoms with Crippen LogP contribution in [0.5, 0.6) is 0 Å². The Morgan fingerprint density at radius 3 is 2.67 bits per heavy atom. The second-order valence-electron chi connectivity index (χ2n) is 3.69. The average molecular weight is 254 g/mol. The van der Waals surface area contributed by atoms with Crippen LogP contribution in [0.15, 0.2) is 18.2 Å². The van der Waals surface area contributed by atoms with Crippen LogP contribution in [0.2, 0.25) is 0 Å². The molecule has 7 heteroatoms. The molecule has 0 bridgehead atoms. The summed E-state index contributed by atoms with van der Waals surface area (Å²) >= 11 is 0. The van der Waals surface area contributed by atoms with E-state index in [9.17, 15) is 23.2 Å². The molecule has 18 heavy (non-hydrogen) atoms. The maximum absolute atomic E-state index is 13.3. The van der Waals surface area contributed by atoms with Gasteiger partial charge in [0, 0.05) is 0 Å². The van der Waals surface area contributed by atoms with Gasteiger partial charge in [-0.2, -0.15) is 0 Å². The van der Waals surface area contributed by atoms with Crippen LogP contribution in [-0.4, -0.2) is 35.7 Å². The van der Waals surface area contributed by atoms with Gasteiger partial charge in [-0.3, -0.25) is 14.5 Å². The lowest BCUT2D eigenvalue weighted by Gasteiger charge is -2.11. The lowest BCUT2D eigenvalue weighted by Crippen LogP contribution is -2.36. The van der Waals surface area contributed by atoms with Crippen molar-refractivity contribution in [2.75, 3.05) is 13.1 Å². The number of ketones is 1. The zero-order valence-corrected chi connectivity index (χ0v) is 9.07. The van der Waals surface area contributed by atoms with Crippen molar-refractivity contribution >= 4 is 17.7 Å². The summed E-state index contributed by atoms with van der Waals surface area (Å²) in [7, 11) is 0. The number of nitrogens with zero attached hydrogens (tertiary/aromatic N) is 1. The van der Waals surface area contributed by atoms with Crippen LogP contribution >= 0.6 is 0 Å². The third kappa shape index (κ3) is 2.20. The van der Waals surface area contributed by atoms with E-state index in [1.54, 1.807) is 0 Å². The Kier molecular flexibility index (Phi) is 3.05. The summed E-state index contributed by atoms with van der Waals surface area (Å²) in [4.78, 5) is 34.7. The summed E-state index contributed by atoms with van der Waals surface area (Å²) in [6.07, 6.45) is 0. The molecule has 1 N–H and O–H groups in total. The smallest absolute Gasteiger partial charge is 0.325 e. The monoisotopic (exact) mass is 254 g/mol. The Hall–Kier alpha value is -2.31. The fraction of sp³-hybridized carbons (Fsp3) is 0.182. The number of imide groups is 1. The number of hydrogen-bond donors (Lipinski definition) is 1. The van der Waals surface area contributed by atoms with Gasteiger partial charge in [-0.05, 0) is 18.2 Å². The third-order valence-corrected chi connectivity index (χ3v) is 2.47. The van der Waals surface area contributed by atoms with Gasteiger partial charge in [0.25, 0.3) is 0 Å². The molecule has 2 rings (SSSR count). The van der Waals surface area contributed by atoms with Gasteiger partial charge in [0.15, 0.2) is 5.78 Å². The molecule has 0 atom stereocenters. The third-order valence-electron chi connectivity index (χ3n) is 2.47. The molecular formula is C11H8F2N2O3. The van der Waals surface area contributed by atoms with Crippen LogP contribution in [0.4, 0.5) is 13.6 Å². The van der Waals surface area contributed by atoms with Gasteiger partial charge in [-0.1, -0.05) is 0 Å². The van der Waals surface area contributed by atoms with Crippen LogP contribution in [0.3, 0.4) is 0 Å². The minimum absolute atomic E-state index is 0.197. The Morgan fingerprint density at radius 1 is 1.33 bits per heavy atom. The molecule has 1 aliphatic rings. The van der Waals surface area contributed by atoms with Crippen molar-refractivity contribution in [1.29, 1.82) is 0 Å². The molecule has 0 spiro atoms. The zero-order valence-electron chi connectivity index (χ0n) is 9.07. The van der Waals surface area contributed by atoms with E-state index in [4.69, 9.17) is 0 Å². The molecule has 1 heterocycles. The van der Waals surface area contributed by atoms with Gasteiger partial charge in [0.05, 0.1) is 18.7 Å². The van der Waals surface area contributed by atoms with Crippen LogP contribution in [0.1, 0.15) is 10.4 Å². The van der Waals surface area contributed by atoms with E-state index in [0.717, 1.165) is 18.2 Å². The van der Waals surface area contributed by atoms with Crippen LogP contribution < -0.4 is 5.32 Å². The Morgan fingerprint density at radius 2 is 2.06 bits per heavy atom. The SMILES string of the molecule is O=C(CN1C(=O)CNC1=O)c1cc(F)ccc1F. The number of urea groups is 1. The first-order chi connectivity index (χ1) is 8.49. The number of hydrogen-bond acceptors (Lipinski definition) is 3. The van der Waals surface area contributed by atoms with E-state index in [2.05, 4.69) is 5.32 Å². The summed E-state index contributed by atoms with van der Waals surface area (Å²) in [5.74, 6) is -3.08. The number of halogens is 2. The largest absolute Gasteiger partial charge is 0.329 e. The lowest BCUT2D eigenvalue weighted by atomic mass is 10.1. The summed E-state index contributed by atoms with van der Waals surface area (Å²) < 4.78 is 26.2. The van der Waals surface area contributed by atoms with E-state index in [1.807, 2.05) is 0 Å². The number of carbonyl (C=O) groups is 3. The van der Waals surface area contributed by atoms with Crippen LogP contribution in [0, 0.1) is 11.6 Å². The number of benzene rings is 1. The van der Waals surface area contributed by atoms with Crippen molar-refractivity contribution in [3.8, 4) is 0 Å². The number of Topliss-reactive ketones (excluding diaryl/α,β-unsaturated/α-hetero) is 1. The number of carbonyl (C=O) groups excluding carboxylic acids is 3. The summed E-state index contributed by atoms with van der Waals surface area (Å²) in [5, 5.41) is 2.22. The molecule has 0 saturated carbocycles. The maximum atomic E-state index is 13.3. The Bertz CT molecular complexity index is 529. The van der Waals surface area contributed by atoms with Crippen molar-refractivity contribution in [1.82, 2.24) is 10.2 Å². The predicted molar refractivity (Wildman–Crippen MR) is 55.8 cm³/mol. The number of rotatable bonds is 3. The number of amides is 3. The normalized spacial score (nSPS) is 14.9. The van der Waals surface area contributed by atoms with Gasteiger partial charge >= 0.3 is 6.03 Å². The highest BCUT2D eigenvalue weighted by atomic mass is 19.1. The minimum Gasteiger partial charge on any atom is -0.329 e. The fourth-order valence-electron chi connectivity index (χ4n) is 1.56. The quantitative estimate of drug-likeness (QED) is 0.637. The van der Waals surface area contributed by atoms with Crippen molar-refractivity contribution in [2.45, 2.75) is 0 Å². The average Bonchev–Trinajstić information content (AvgIpc) is 2.64. The molecule has 1 aromatic rings. The van der Waals surface area contributed by atoms with E-state index >= 15 is 0 Å². The zero-order chi connectivity index (χ0) is 13.3. The highest BCUT2D eigenvalue weighted by Gasteiger charge is 2.31. The molecule has 1 fully saturated rings. The molecule has 94 valence electrons. The minimum atomic E-state index is -0.895. The summed E-state index contributed by atoms with van der Waals surface area (Å²) in [5.41, 5.74) is -0.484. The molecule has 0 aromatic heterocycles. The Balaban J connectivity index is 2.19. The first-order valence-corrected chi connectivity index (χ1v) is 5.05. The molecule has 3 amide bonds. The summed E-state index contributed by atoms with van der Waals surface area (Å²) in [6.45, 7) is -0.803. The topological polar surface area (TPSA) is 66.5 Å². The molecule has 1 saturated heterocycles. The van der Waals surface area contributed by atoms with E-state index in [-0.39, 0.29) is 6.54 Å².